The van der Waals surface area contributed by atoms with Crippen LogP contribution in [0.1, 0.15) is 42.6 Å². The van der Waals surface area contributed by atoms with E-state index in [4.69, 9.17) is 11.6 Å². The summed E-state index contributed by atoms with van der Waals surface area (Å²) in [5.41, 5.74) is 1.82. The average molecular weight is 295 g/mol. The second-order valence-electron chi connectivity index (χ2n) is 6.29. The largest absolute Gasteiger partial charge is 0.350 e. The predicted octanol–water partition coefficient (Wildman–Crippen LogP) is 3.16. The second kappa shape index (κ2) is 6.15. The Morgan fingerprint density at radius 2 is 2.25 bits per heavy atom. The van der Waals surface area contributed by atoms with Gasteiger partial charge in [-0.25, -0.2) is 0 Å². The summed E-state index contributed by atoms with van der Waals surface area (Å²) in [4.78, 5) is 12.2. The zero-order chi connectivity index (χ0) is 14.8. The maximum atomic E-state index is 12.2. The number of piperidine rings is 1. The molecule has 1 saturated heterocycles. The van der Waals surface area contributed by atoms with E-state index in [9.17, 15) is 4.79 Å². The van der Waals surface area contributed by atoms with Gasteiger partial charge in [-0.1, -0.05) is 31.5 Å². The molecule has 1 amide bonds. The molecule has 0 saturated carbocycles. The summed E-state index contributed by atoms with van der Waals surface area (Å²) in [6, 6.07) is 5.82. The Morgan fingerprint density at radius 1 is 1.50 bits per heavy atom. The smallest absolute Gasteiger partial charge is 0.252 e. The van der Waals surface area contributed by atoms with Gasteiger partial charge in [0, 0.05) is 12.6 Å². The highest BCUT2D eigenvalue weighted by atomic mass is 35.5. The second-order valence-corrected chi connectivity index (χ2v) is 6.70. The van der Waals surface area contributed by atoms with Gasteiger partial charge in [0.15, 0.2) is 0 Å². The standard InChI is InChI=1S/C16H23ClN2O/c1-11-5-6-12(13(17)9-11)15(20)19-10-14-16(2,3)7-4-8-18-14/h5-6,9,14,18H,4,7-8,10H2,1-3H3,(H,19,20). The van der Waals surface area contributed by atoms with Gasteiger partial charge in [0.05, 0.1) is 10.6 Å². The third-order valence-electron chi connectivity index (χ3n) is 4.17. The van der Waals surface area contributed by atoms with Gasteiger partial charge in [0.2, 0.25) is 0 Å². The van der Waals surface area contributed by atoms with Gasteiger partial charge >= 0.3 is 0 Å². The Bertz CT molecular complexity index is 499. The first kappa shape index (κ1) is 15.3. The Kier molecular flexibility index (Phi) is 4.71. The molecular formula is C16H23ClN2O. The van der Waals surface area contributed by atoms with Crippen molar-refractivity contribution in [1.82, 2.24) is 10.6 Å². The van der Waals surface area contributed by atoms with Crippen LogP contribution in [0.4, 0.5) is 0 Å². The molecule has 1 aromatic rings. The monoisotopic (exact) mass is 294 g/mol. The molecule has 1 heterocycles. The highest BCUT2D eigenvalue weighted by Gasteiger charge is 2.32. The molecule has 2 N–H and O–H groups in total. The van der Waals surface area contributed by atoms with E-state index in [-0.39, 0.29) is 11.3 Å². The van der Waals surface area contributed by atoms with Gasteiger partial charge in [-0.3, -0.25) is 4.79 Å². The van der Waals surface area contributed by atoms with Crippen molar-refractivity contribution in [2.75, 3.05) is 13.1 Å². The average Bonchev–Trinajstić information content (AvgIpc) is 2.36. The van der Waals surface area contributed by atoms with E-state index in [0.29, 0.717) is 23.2 Å². The highest BCUT2D eigenvalue weighted by molar-refractivity contribution is 6.33. The van der Waals surface area contributed by atoms with Crippen LogP contribution in [0.5, 0.6) is 0 Å². The Balaban J connectivity index is 1.98. The molecule has 0 aromatic heterocycles. The fraction of sp³-hybridized carbons (Fsp3) is 0.562. The molecule has 0 spiro atoms. The maximum absolute atomic E-state index is 12.2. The number of halogens is 1. The number of benzene rings is 1. The molecule has 1 aliphatic heterocycles. The summed E-state index contributed by atoms with van der Waals surface area (Å²) >= 11 is 6.13. The Labute approximate surface area is 126 Å². The van der Waals surface area contributed by atoms with E-state index < -0.39 is 0 Å². The zero-order valence-corrected chi connectivity index (χ0v) is 13.2. The molecule has 20 heavy (non-hydrogen) atoms. The summed E-state index contributed by atoms with van der Waals surface area (Å²) in [7, 11) is 0. The number of nitrogens with one attached hydrogen (secondary N) is 2. The van der Waals surface area contributed by atoms with Gasteiger partial charge in [0.1, 0.15) is 0 Å². The normalized spacial score (nSPS) is 21.5. The van der Waals surface area contributed by atoms with E-state index >= 15 is 0 Å². The number of hydrogen-bond donors (Lipinski definition) is 2. The summed E-state index contributed by atoms with van der Waals surface area (Å²) in [6.07, 6.45) is 2.38. The summed E-state index contributed by atoms with van der Waals surface area (Å²) < 4.78 is 0. The Morgan fingerprint density at radius 3 is 2.90 bits per heavy atom. The fourth-order valence-corrected chi connectivity index (χ4v) is 3.03. The molecular weight excluding hydrogens is 272 g/mol. The van der Waals surface area contributed by atoms with Crippen LogP contribution in [0.3, 0.4) is 0 Å². The molecule has 1 fully saturated rings. The Hall–Kier alpha value is -1.06. The van der Waals surface area contributed by atoms with Gasteiger partial charge < -0.3 is 10.6 Å². The lowest BCUT2D eigenvalue weighted by Gasteiger charge is -2.39. The van der Waals surface area contributed by atoms with E-state index in [1.165, 1.54) is 12.8 Å². The first-order chi connectivity index (χ1) is 9.40. The van der Waals surface area contributed by atoms with Crippen LogP contribution < -0.4 is 10.6 Å². The zero-order valence-electron chi connectivity index (χ0n) is 12.4. The number of rotatable bonds is 3. The topological polar surface area (TPSA) is 41.1 Å². The molecule has 0 aliphatic carbocycles. The van der Waals surface area contributed by atoms with Gasteiger partial charge in [0.25, 0.3) is 5.91 Å². The molecule has 110 valence electrons. The molecule has 0 radical (unpaired) electrons. The summed E-state index contributed by atoms with van der Waals surface area (Å²) in [5, 5.41) is 7.00. The molecule has 4 heteroatoms. The molecule has 1 unspecified atom stereocenters. The van der Waals surface area contributed by atoms with Crippen molar-refractivity contribution in [3.05, 3.63) is 34.3 Å². The maximum Gasteiger partial charge on any atom is 0.252 e. The van der Waals surface area contributed by atoms with E-state index in [1.54, 1.807) is 6.07 Å². The number of amides is 1. The minimum absolute atomic E-state index is 0.0989. The third kappa shape index (κ3) is 3.53. The highest BCUT2D eigenvalue weighted by Crippen LogP contribution is 2.29. The number of aryl methyl sites for hydroxylation is 1. The van der Waals surface area contributed by atoms with Crippen LogP contribution in [0.25, 0.3) is 0 Å². The number of carbonyl (C=O) groups is 1. The fourth-order valence-electron chi connectivity index (χ4n) is 2.71. The molecule has 3 nitrogen and oxygen atoms in total. The molecule has 1 atom stereocenters. The lowest BCUT2D eigenvalue weighted by molar-refractivity contribution is 0.0929. The summed E-state index contributed by atoms with van der Waals surface area (Å²) in [5.74, 6) is -0.0989. The minimum atomic E-state index is -0.0989. The van der Waals surface area contributed by atoms with E-state index in [2.05, 4.69) is 24.5 Å². The van der Waals surface area contributed by atoms with Crippen LogP contribution in [0, 0.1) is 12.3 Å². The van der Waals surface area contributed by atoms with Gasteiger partial charge in [-0.05, 0) is 49.4 Å². The van der Waals surface area contributed by atoms with Crippen molar-refractivity contribution < 1.29 is 4.79 Å². The minimum Gasteiger partial charge on any atom is -0.350 e. The molecule has 2 rings (SSSR count). The van der Waals surface area contributed by atoms with Crippen molar-refractivity contribution in [2.45, 2.75) is 39.7 Å². The first-order valence-electron chi connectivity index (χ1n) is 7.18. The van der Waals surface area contributed by atoms with E-state index in [1.807, 2.05) is 19.1 Å². The van der Waals surface area contributed by atoms with Crippen LogP contribution >= 0.6 is 11.6 Å². The molecule has 1 aromatic carbocycles. The van der Waals surface area contributed by atoms with Gasteiger partial charge in [-0.2, -0.15) is 0 Å². The quantitative estimate of drug-likeness (QED) is 0.899. The van der Waals surface area contributed by atoms with E-state index in [0.717, 1.165) is 12.1 Å². The molecule has 0 bridgehead atoms. The number of carbonyl (C=O) groups excluding carboxylic acids is 1. The van der Waals surface area contributed by atoms with Crippen LogP contribution in [0.2, 0.25) is 5.02 Å². The van der Waals surface area contributed by atoms with Gasteiger partial charge in [-0.15, -0.1) is 0 Å². The summed E-state index contributed by atoms with van der Waals surface area (Å²) in [6.45, 7) is 8.11. The molecule has 1 aliphatic rings. The van der Waals surface area contributed by atoms with Crippen molar-refractivity contribution >= 4 is 17.5 Å². The van der Waals surface area contributed by atoms with Crippen molar-refractivity contribution in [3.8, 4) is 0 Å². The lowest BCUT2D eigenvalue weighted by Crippen LogP contribution is -2.52. The SMILES string of the molecule is Cc1ccc(C(=O)NCC2NCCCC2(C)C)c(Cl)c1. The van der Waals surface area contributed by atoms with Crippen LogP contribution in [0.15, 0.2) is 18.2 Å². The van der Waals surface area contributed by atoms with Crippen LogP contribution in [-0.4, -0.2) is 25.0 Å². The van der Waals surface area contributed by atoms with Crippen molar-refractivity contribution in [1.29, 1.82) is 0 Å². The van der Waals surface area contributed by atoms with Crippen LogP contribution in [-0.2, 0) is 0 Å². The lowest BCUT2D eigenvalue weighted by atomic mass is 9.77. The first-order valence-corrected chi connectivity index (χ1v) is 7.56. The number of hydrogen-bond acceptors (Lipinski definition) is 2. The van der Waals surface area contributed by atoms with Crippen molar-refractivity contribution in [2.24, 2.45) is 5.41 Å². The predicted molar refractivity (Wildman–Crippen MR) is 83.3 cm³/mol. The van der Waals surface area contributed by atoms with Crippen molar-refractivity contribution in [3.63, 3.8) is 0 Å². The third-order valence-corrected chi connectivity index (χ3v) is 4.48.